The highest BCUT2D eigenvalue weighted by Crippen LogP contribution is 2.34. The predicted molar refractivity (Wildman–Crippen MR) is 89.3 cm³/mol. The molecule has 0 aliphatic heterocycles. The zero-order valence-electron chi connectivity index (χ0n) is 13.1. The van der Waals surface area contributed by atoms with Gasteiger partial charge in [-0.25, -0.2) is 0 Å². The van der Waals surface area contributed by atoms with Crippen molar-refractivity contribution in [3.8, 4) is 5.75 Å². The number of nitrogens with one attached hydrogen (secondary N) is 1. The summed E-state index contributed by atoms with van der Waals surface area (Å²) in [5.74, 6) is -0.455. The van der Waals surface area contributed by atoms with Crippen LogP contribution in [0.1, 0.15) is 34.5 Å². The fourth-order valence-electron chi connectivity index (χ4n) is 3.13. The molecule has 1 heterocycles. The molecule has 0 spiro atoms. The molecule has 0 radical (unpaired) electrons. The number of benzene rings is 1. The van der Waals surface area contributed by atoms with E-state index in [0.717, 1.165) is 27.8 Å². The van der Waals surface area contributed by atoms with E-state index < -0.39 is 5.97 Å². The highest BCUT2D eigenvalue weighted by atomic mass is 32.1. The molecule has 1 aliphatic rings. The van der Waals surface area contributed by atoms with Gasteiger partial charge < -0.3 is 15.2 Å². The number of aryl methyl sites for hydroxylation is 1. The molecule has 2 aromatic rings. The van der Waals surface area contributed by atoms with E-state index in [1.807, 2.05) is 25.1 Å². The lowest BCUT2D eigenvalue weighted by molar-refractivity contribution is -0.141. The number of ether oxygens (including phenoxy) is 1. The quantitative estimate of drug-likeness (QED) is 0.901. The Morgan fingerprint density at radius 3 is 2.78 bits per heavy atom. The molecule has 1 saturated carbocycles. The van der Waals surface area contributed by atoms with Crippen molar-refractivity contribution in [1.29, 1.82) is 0 Å². The average Bonchev–Trinajstić information content (AvgIpc) is 3.12. The molecule has 122 valence electrons. The summed E-state index contributed by atoms with van der Waals surface area (Å²) in [5, 5.41) is 13.1. The Balaban J connectivity index is 1.79. The highest BCUT2D eigenvalue weighted by Gasteiger charge is 2.31. The lowest BCUT2D eigenvalue weighted by atomic mass is 10.1. The van der Waals surface area contributed by atoms with E-state index in [-0.39, 0.29) is 17.9 Å². The van der Waals surface area contributed by atoms with Crippen LogP contribution in [0.2, 0.25) is 0 Å². The van der Waals surface area contributed by atoms with Crippen molar-refractivity contribution in [3.63, 3.8) is 0 Å². The zero-order valence-corrected chi connectivity index (χ0v) is 13.9. The van der Waals surface area contributed by atoms with Gasteiger partial charge in [0.15, 0.2) is 0 Å². The molecule has 2 atom stereocenters. The van der Waals surface area contributed by atoms with Crippen molar-refractivity contribution in [2.45, 2.75) is 32.2 Å². The molecule has 0 bridgehead atoms. The molecule has 6 heteroatoms. The number of methoxy groups -OCH3 is 1. The van der Waals surface area contributed by atoms with Crippen LogP contribution in [0.3, 0.4) is 0 Å². The summed E-state index contributed by atoms with van der Waals surface area (Å²) in [4.78, 5) is 24.2. The molecule has 0 unspecified atom stereocenters. The van der Waals surface area contributed by atoms with E-state index in [9.17, 15) is 9.59 Å². The van der Waals surface area contributed by atoms with Crippen LogP contribution < -0.4 is 10.1 Å². The van der Waals surface area contributed by atoms with Gasteiger partial charge in [0, 0.05) is 10.7 Å². The fraction of sp³-hybridized carbons (Fsp3) is 0.412. The number of hydrogen-bond donors (Lipinski definition) is 2. The molecule has 0 saturated heterocycles. The summed E-state index contributed by atoms with van der Waals surface area (Å²) in [6.07, 6.45) is 1.86. The standard InChI is InChI=1S/C17H19NO4S/c1-9-13-8-12(22-2)5-6-14(13)23-15(9)16(19)18-11-4-3-10(7-11)17(20)21/h5-6,8,10-11H,3-4,7H2,1-2H3,(H,18,19)(H,20,21)/t10-,11+/m0/s1. The largest absolute Gasteiger partial charge is 0.497 e. The zero-order chi connectivity index (χ0) is 16.6. The predicted octanol–water partition coefficient (Wildman–Crippen LogP) is 3.20. The van der Waals surface area contributed by atoms with Gasteiger partial charge in [0.1, 0.15) is 5.75 Å². The molecule has 5 nitrogen and oxygen atoms in total. The number of amides is 1. The number of rotatable bonds is 4. The van der Waals surface area contributed by atoms with Gasteiger partial charge in [-0.1, -0.05) is 0 Å². The first-order valence-electron chi connectivity index (χ1n) is 7.60. The molecule has 1 aliphatic carbocycles. The summed E-state index contributed by atoms with van der Waals surface area (Å²) in [6, 6.07) is 5.73. The molecular weight excluding hydrogens is 314 g/mol. The lowest BCUT2D eigenvalue weighted by Crippen LogP contribution is -2.33. The summed E-state index contributed by atoms with van der Waals surface area (Å²) < 4.78 is 6.28. The topological polar surface area (TPSA) is 75.6 Å². The summed E-state index contributed by atoms with van der Waals surface area (Å²) in [7, 11) is 1.62. The third-order valence-corrected chi connectivity index (χ3v) is 5.74. The summed E-state index contributed by atoms with van der Waals surface area (Å²) in [5.41, 5.74) is 0.939. The number of carboxylic acid groups (broad SMARTS) is 1. The monoisotopic (exact) mass is 333 g/mol. The van der Waals surface area contributed by atoms with Crippen LogP contribution in [0.4, 0.5) is 0 Å². The number of hydrogen-bond acceptors (Lipinski definition) is 4. The van der Waals surface area contributed by atoms with Gasteiger partial charge in [0.2, 0.25) is 0 Å². The first kappa shape index (κ1) is 15.8. The van der Waals surface area contributed by atoms with Gasteiger partial charge in [0.25, 0.3) is 5.91 Å². The molecule has 2 N–H and O–H groups in total. The van der Waals surface area contributed by atoms with E-state index in [0.29, 0.717) is 17.7 Å². The second kappa shape index (κ2) is 6.20. The maximum absolute atomic E-state index is 12.5. The molecule has 1 aromatic carbocycles. The number of fused-ring (bicyclic) bond motifs is 1. The first-order valence-corrected chi connectivity index (χ1v) is 8.42. The summed E-state index contributed by atoms with van der Waals surface area (Å²) >= 11 is 1.46. The van der Waals surface area contributed by atoms with Gasteiger partial charge >= 0.3 is 5.97 Å². The minimum atomic E-state index is -0.771. The maximum Gasteiger partial charge on any atom is 0.306 e. The van der Waals surface area contributed by atoms with E-state index in [2.05, 4.69) is 5.32 Å². The van der Waals surface area contributed by atoms with E-state index in [1.165, 1.54) is 11.3 Å². The van der Waals surface area contributed by atoms with Crippen molar-refractivity contribution >= 4 is 33.3 Å². The SMILES string of the molecule is COc1ccc2sc(C(=O)N[C@@H]3CC[C@H](C(=O)O)C3)c(C)c2c1. The number of thiophene rings is 1. The average molecular weight is 333 g/mol. The minimum Gasteiger partial charge on any atom is -0.497 e. The lowest BCUT2D eigenvalue weighted by Gasteiger charge is -2.12. The highest BCUT2D eigenvalue weighted by molar-refractivity contribution is 7.21. The third kappa shape index (κ3) is 3.03. The Hall–Kier alpha value is -2.08. The van der Waals surface area contributed by atoms with Crippen molar-refractivity contribution in [2.75, 3.05) is 7.11 Å². The van der Waals surface area contributed by atoms with Gasteiger partial charge in [-0.2, -0.15) is 0 Å². The van der Waals surface area contributed by atoms with Crippen molar-refractivity contribution in [3.05, 3.63) is 28.6 Å². The van der Waals surface area contributed by atoms with Gasteiger partial charge in [-0.15, -0.1) is 11.3 Å². The third-order valence-electron chi connectivity index (χ3n) is 4.47. The Kier molecular flexibility index (Phi) is 4.26. The van der Waals surface area contributed by atoms with Crippen LogP contribution in [0.5, 0.6) is 5.75 Å². The first-order chi connectivity index (χ1) is 11.0. The van der Waals surface area contributed by atoms with Crippen LogP contribution in [0, 0.1) is 12.8 Å². The maximum atomic E-state index is 12.5. The van der Waals surface area contributed by atoms with Gasteiger partial charge in [-0.3, -0.25) is 9.59 Å². The minimum absolute atomic E-state index is 0.0530. The van der Waals surface area contributed by atoms with Crippen LogP contribution >= 0.6 is 11.3 Å². The Labute approximate surface area is 138 Å². The molecule has 23 heavy (non-hydrogen) atoms. The number of carbonyl (C=O) groups is 2. The normalized spacial score (nSPS) is 20.6. The number of carbonyl (C=O) groups excluding carboxylic acids is 1. The van der Waals surface area contributed by atoms with E-state index >= 15 is 0 Å². The Morgan fingerprint density at radius 1 is 1.35 bits per heavy atom. The van der Waals surface area contributed by atoms with E-state index in [1.54, 1.807) is 7.11 Å². The van der Waals surface area contributed by atoms with Gasteiger partial charge in [0.05, 0.1) is 17.9 Å². The van der Waals surface area contributed by atoms with Crippen LogP contribution in [-0.2, 0) is 4.79 Å². The van der Waals surface area contributed by atoms with Crippen molar-refractivity contribution < 1.29 is 19.4 Å². The van der Waals surface area contributed by atoms with Gasteiger partial charge in [-0.05, 0) is 55.3 Å². The summed E-state index contributed by atoms with van der Waals surface area (Å²) in [6.45, 7) is 1.93. The molecule has 1 amide bonds. The second-order valence-corrected chi connectivity index (χ2v) is 6.99. The van der Waals surface area contributed by atoms with Crippen LogP contribution in [0.25, 0.3) is 10.1 Å². The second-order valence-electron chi connectivity index (χ2n) is 5.94. The van der Waals surface area contributed by atoms with Crippen LogP contribution in [0.15, 0.2) is 18.2 Å². The molecular formula is C17H19NO4S. The van der Waals surface area contributed by atoms with Crippen molar-refractivity contribution in [2.24, 2.45) is 5.92 Å². The number of carboxylic acids is 1. The smallest absolute Gasteiger partial charge is 0.306 e. The molecule has 3 rings (SSSR count). The Morgan fingerprint density at radius 2 is 2.13 bits per heavy atom. The molecule has 1 fully saturated rings. The van der Waals surface area contributed by atoms with Crippen molar-refractivity contribution in [1.82, 2.24) is 5.32 Å². The fourth-order valence-corrected chi connectivity index (χ4v) is 4.22. The van der Waals surface area contributed by atoms with Crippen LogP contribution in [-0.4, -0.2) is 30.1 Å². The number of aliphatic carboxylic acids is 1. The van der Waals surface area contributed by atoms with E-state index in [4.69, 9.17) is 9.84 Å². The molecule has 1 aromatic heterocycles. The Bertz CT molecular complexity index is 767.